The van der Waals surface area contributed by atoms with E-state index in [4.69, 9.17) is 0 Å². The van der Waals surface area contributed by atoms with Crippen molar-refractivity contribution in [1.82, 2.24) is 10.6 Å². The molecule has 0 spiro atoms. The Kier molecular flexibility index (Phi) is 3.93. The molecule has 3 nitrogen and oxygen atoms in total. The quantitative estimate of drug-likeness (QED) is 0.905. The maximum atomic E-state index is 12.4. The van der Waals surface area contributed by atoms with Gasteiger partial charge in [0.05, 0.1) is 6.04 Å². The Hall–Kier alpha value is -1.87. The van der Waals surface area contributed by atoms with Crippen molar-refractivity contribution in [2.24, 2.45) is 11.8 Å². The van der Waals surface area contributed by atoms with Crippen molar-refractivity contribution in [1.29, 1.82) is 0 Å². The van der Waals surface area contributed by atoms with Gasteiger partial charge in [0, 0.05) is 5.92 Å². The molecular weight excluding hydrogens is 260 g/mol. The molecule has 1 aliphatic heterocycles. The Morgan fingerprint density at radius 1 is 1.14 bits per heavy atom. The van der Waals surface area contributed by atoms with Crippen LogP contribution in [0.25, 0.3) is 10.8 Å². The van der Waals surface area contributed by atoms with Gasteiger partial charge in [-0.1, -0.05) is 49.4 Å². The van der Waals surface area contributed by atoms with E-state index in [0.717, 1.165) is 13.1 Å². The molecule has 0 aromatic heterocycles. The predicted octanol–water partition coefficient (Wildman–Crippen LogP) is 2.87. The van der Waals surface area contributed by atoms with Gasteiger partial charge < -0.3 is 10.6 Å². The number of hydrogen-bond acceptors (Lipinski definition) is 2. The zero-order valence-corrected chi connectivity index (χ0v) is 12.6. The van der Waals surface area contributed by atoms with Crippen LogP contribution in [0.5, 0.6) is 0 Å². The van der Waals surface area contributed by atoms with Crippen LogP contribution >= 0.6 is 0 Å². The number of fused-ring (bicyclic) bond motifs is 1. The van der Waals surface area contributed by atoms with Crippen LogP contribution in [0.1, 0.15) is 25.5 Å². The Morgan fingerprint density at radius 2 is 1.86 bits per heavy atom. The first-order valence-corrected chi connectivity index (χ1v) is 7.65. The van der Waals surface area contributed by atoms with Crippen LogP contribution in [0.2, 0.25) is 0 Å². The summed E-state index contributed by atoms with van der Waals surface area (Å²) in [6.07, 6.45) is 0. The van der Waals surface area contributed by atoms with E-state index < -0.39 is 0 Å². The average molecular weight is 282 g/mol. The van der Waals surface area contributed by atoms with E-state index in [1.807, 2.05) is 19.1 Å². The third kappa shape index (κ3) is 2.79. The summed E-state index contributed by atoms with van der Waals surface area (Å²) in [4.78, 5) is 12.4. The van der Waals surface area contributed by atoms with Crippen molar-refractivity contribution in [3.63, 3.8) is 0 Å². The number of amides is 1. The van der Waals surface area contributed by atoms with Crippen LogP contribution in [0.4, 0.5) is 0 Å². The minimum absolute atomic E-state index is 0.0269. The Labute approximate surface area is 125 Å². The van der Waals surface area contributed by atoms with Crippen molar-refractivity contribution >= 4 is 16.7 Å². The Morgan fingerprint density at radius 3 is 2.57 bits per heavy atom. The van der Waals surface area contributed by atoms with Gasteiger partial charge in [-0.25, -0.2) is 0 Å². The van der Waals surface area contributed by atoms with Crippen LogP contribution in [0.15, 0.2) is 42.5 Å². The number of nitrogens with one attached hydrogen (secondary N) is 2. The molecule has 1 fully saturated rings. The SMILES string of the molecule is CC(NC(=O)C(C)C1CNC1)c1cccc2ccccc12. The molecule has 1 heterocycles. The van der Waals surface area contributed by atoms with E-state index in [0.29, 0.717) is 5.92 Å². The second kappa shape index (κ2) is 5.86. The molecule has 0 saturated carbocycles. The third-order valence-corrected chi connectivity index (χ3v) is 4.58. The molecule has 2 aromatic rings. The molecule has 2 atom stereocenters. The fourth-order valence-electron chi connectivity index (χ4n) is 2.93. The van der Waals surface area contributed by atoms with E-state index in [9.17, 15) is 4.79 Å². The Balaban J connectivity index is 1.77. The van der Waals surface area contributed by atoms with Crippen LogP contribution in [0, 0.1) is 11.8 Å². The lowest BCUT2D eigenvalue weighted by atomic mass is 9.88. The van der Waals surface area contributed by atoms with Gasteiger partial charge in [-0.15, -0.1) is 0 Å². The predicted molar refractivity (Wildman–Crippen MR) is 86.0 cm³/mol. The van der Waals surface area contributed by atoms with E-state index >= 15 is 0 Å². The van der Waals surface area contributed by atoms with E-state index in [1.165, 1.54) is 16.3 Å². The lowest BCUT2D eigenvalue weighted by molar-refractivity contribution is -0.127. The molecule has 0 aliphatic carbocycles. The monoisotopic (exact) mass is 282 g/mol. The maximum absolute atomic E-state index is 12.4. The smallest absolute Gasteiger partial charge is 0.223 e. The van der Waals surface area contributed by atoms with Crippen LogP contribution < -0.4 is 10.6 Å². The molecule has 1 amide bonds. The van der Waals surface area contributed by atoms with Crippen molar-refractivity contribution in [2.75, 3.05) is 13.1 Å². The topological polar surface area (TPSA) is 41.1 Å². The van der Waals surface area contributed by atoms with Gasteiger partial charge in [0.15, 0.2) is 0 Å². The van der Waals surface area contributed by atoms with Crippen LogP contribution in [0.3, 0.4) is 0 Å². The second-order valence-electron chi connectivity index (χ2n) is 6.01. The molecule has 21 heavy (non-hydrogen) atoms. The minimum Gasteiger partial charge on any atom is -0.349 e. The van der Waals surface area contributed by atoms with Crippen molar-refractivity contribution in [2.45, 2.75) is 19.9 Å². The van der Waals surface area contributed by atoms with Crippen molar-refractivity contribution in [3.05, 3.63) is 48.0 Å². The first kappa shape index (κ1) is 14.1. The summed E-state index contributed by atoms with van der Waals surface area (Å²) in [5.74, 6) is 0.704. The van der Waals surface area contributed by atoms with Crippen LogP contribution in [-0.2, 0) is 4.79 Å². The number of carbonyl (C=O) groups excluding carboxylic acids is 1. The van der Waals surface area contributed by atoms with Gasteiger partial charge in [0.25, 0.3) is 0 Å². The fraction of sp³-hybridized carbons (Fsp3) is 0.389. The first-order valence-electron chi connectivity index (χ1n) is 7.65. The highest BCUT2D eigenvalue weighted by Crippen LogP contribution is 2.25. The molecule has 1 saturated heterocycles. The van der Waals surface area contributed by atoms with Gasteiger partial charge in [-0.2, -0.15) is 0 Å². The van der Waals surface area contributed by atoms with Crippen molar-refractivity contribution < 1.29 is 4.79 Å². The zero-order chi connectivity index (χ0) is 14.8. The highest BCUT2D eigenvalue weighted by atomic mass is 16.1. The highest BCUT2D eigenvalue weighted by molar-refractivity contribution is 5.87. The number of rotatable bonds is 4. The summed E-state index contributed by atoms with van der Waals surface area (Å²) in [5, 5.41) is 8.83. The summed E-state index contributed by atoms with van der Waals surface area (Å²) < 4.78 is 0. The maximum Gasteiger partial charge on any atom is 0.223 e. The average Bonchev–Trinajstić information content (AvgIpc) is 2.44. The molecule has 1 aliphatic rings. The normalized spacial score (nSPS) is 18.0. The molecule has 2 unspecified atom stereocenters. The Bertz CT molecular complexity index is 643. The van der Waals surface area contributed by atoms with Crippen molar-refractivity contribution in [3.8, 4) is 0 Å². The molecular formula is C18H22N2O. The lowest BCUT2D eigenvalue weighted by Gasteiger charge is -2.32. The number of benzene rings is 2. The van der Waals surface area contributed by atoms with E-state index in [1.54, 1.807) is 0 Å². The summed E-state index contributed by atoms with van der Waals surface area (Å²) in [5.41, 5.74) is 1.18. The molecule has 0 bridgehead atoms. The van der Waals surface area contributed by atoms with E-state index in [2.05, 4.69) is 47.9 Å². The molecule has 0 radical (unpaired) electrons. The van der Waals surface area contributed by atoms with Crippen LogP contribution in [-0.4, -0.2) is 19.0 Å². The van der Waals surface area contributed by atoms with Gasteiger partial charge in [-0.05, 0) is 42.3 Å². The van der Waals surface area contributed by atoms with Gasteiger partial charge >= 0.3 is 0 Å². The standard InChI is InChI=1S/C18H22N2O/c1-12(15-10-19-11-15)18(21)20-13(2)16-9-5-7-14-6-3-4-8-17(14)16/h3-9,12-13,15,19H,10-11H2,1-2H3,(H,20,21). The first-order chi connectivity index (χ1) is 10.2. The molecule has 3 rings (SSSR count). The largest absolute Gasteiger partial charge is 0.349 e. The highest BCUT2D eigenvalue weighted by Gasteiger charge is 2.29. The summed E-state index contributed by atoms with van der Waals surface area (Å²) in [7, 11) is 0. The van der Waals surface area contributed by atoms with E-state index in [-0.39, 0.29) is 17.9 Å². The van der Waals surface area contributed by atoms with Gasteiger partial charge in [0.1, 0.15) is 0 Å². The zero-order valence-electron chi connectivity index (χ0n) is 12.6. The van der Waals surface area contributed by atoms with Gasteiger partial charge in [-0.3, -0.25) is 4.79 Å². The molecule has 3 heteroatoms. The summed E-state index contributed by atoms with van der Waals surface area (Å²) >= 11 is 0. The summed E-state index contributed by atoms with van der Waals surface area (Å²) in [6, 6.07) is 14.6. The molecule has 2 aromatic carbocycles. The lowest BCUT2D eigenvalue weighted by Crippen LogP contribution is -2.49. The molecule has 110 valence electrons. The second-order valence-corrected chi connectivity index (χ2v) is 6.01. The summed E-state index contributed by atoms with van der Waals surface area (Å²) in [6.45, 7) is 6.00. The fourth-order valence-corrected chi connectivity index (χ4v) is 2.93. The minimum atomic E-state index is 0.0269. The third-order valence-electron chi connectivity index (χ3n) is 4.58. The van der Waals surface area contributed by atoms with Gasteiger partial charge in [0.2, 0.25) is 5.91 Å². The number of carbonyl (C=O) groups is 1. The number of hydrogen-bond donors (Lipinski definition) is 2. The molecule has 2 N–H and O–H groups in total.